The first-order valence-corrected chi connectivity index (χ1v) is 8.85. The van der Waals surface area contributed by atoms with Gasteiger partial charge in [-0.15, -0.1) is 0 Å². The summed E-state index contributed by atoms with van der Waals surface area (Å²) in [6.45, 7) is 11.7. The third kappa shape index (κ3) is 4.51. The van der Waals surface area contributed by atoms with Crippen molar-refractivity contribution in [3.05, 3.63) is 59.2 Å². The maximum absolute atomic E-state index is 12.7. The van der Waals surface area contributed by atoms with Gasteiger partial charge in [-0.1, -0.05) is 57.2 Å². The minimum absolute atomic E-state index is 0.0144. The van der Waals surface area contributed by atoms with Crippen molar-refractivity contribution >= 4 is 23.2 Å². The van der Waals surface area contributed by atoms with Crippen LogP contribution in [0.3, 0.4) is 0 Å². The first-order valence-electron chi connectivity index (χ1n) is 8.85. The number of aryl methyl sites for hydroxylation is 2. The van der Waals surface area contributed by atoms with E-state index in [1.165, 1.54) is 6.92 Å². The van der Waals surface area contributed by atoms with E-state index in [-0.39, 0.29) is 23.8 Å². The van der Waals surface area contributed by atoms with E-state index in [9.17, 15) is 9.59 Å². The van der Waals surface area contributed by atoms with Crippen LogP contribution in [0.4, 0.5) is 11.4 Å². The molecule has 0 radical (unpaired) electrons. The summed E-state index contributed by atoms with van der Waals surface area (Å²) in [7, 11) is 0. The third-order valence-corrected chi connectivity index (χ3v) is 4.40. The Morgan fingerprint density at radius 2 is 1.54 bits per heavy atom. The molecule has 0 saturated carbocycles. The van der Waals surface area contributed by atoms with Gasteiger partial charge in [-0.3, -0.25) is 9.59 Å². The molecule has 0 aliphatic rings. The normalized spacial score (nSPS) is 11.2. The molecule has 0 atom stereocenters. The highest BCUT2D eigenvalue weighted by atomic mass is 16.2. The molecule has 0 unspecified atom stereocenters. The summed E-state index contributed by atoms with van der Waals surface area (Å²) >= 11 is 0. The maximum atomic E-state index is 12.7. The molecule has 0 bridgehead atoms. The van der Waals surface area contributed by atoms with Crippen molar-refractivity contribution in [1.82, 2.24) is 0 Å². The van der Waals surface area contributed by atoms with Gasteiger partial charge in [0.25, 0.3) is 0 Å². The Balaban J connectivity index is 2.27. The summed E-state index contributed by atoms with van der Waals surface area (Å²) in [6, 6.07) is 13.6. The fourth-order valence-electron chi connectivity index (χ4n) is 3.16. The van der Waals surface area contributed by atoms with Gasteiger partial charge in [-0.2, -0.15) is 0 Å². The molecular formula is C22H28N2O2. The van der Waals surface area contributed by atoms with Gasteiger partial charge in [0, 0.05) is 12.6 Å². The lowest BCUT2D eigenvalue weighted by Gasteiger charge is -2.26. The van der Waals surface area contributed by atoms with Crippen LogP contribution in [-0.4, -0.2) is 18.4 Å². The van der Waals surface area contributed by atoms with Crippen LogP contribution >= 0.6 is 0 Å². The highest BCUT2D eigenvalue weighted by Gasteiger charge is 2.22. The monoisotopic (exact) mass is 352 g/mol. The first kappa shape index (κ1) is 19.7. The van der Waals surface area contributed by atoms with Crippen LogP contribution in [0.15, 0.2) is 42.5 Å². The van der Waals surface area contributed by atoms with Gasteiger partial charge in [0.1, 0.15) is 6.54 Å². The van der Waals surface area contributed by atoms with Crippen LogP contribution in [0.2, 0.25) is 0 Å². The molecule has 0 aliphatic heterocycles. The number of para-hydroxylation sites is 2. The van der Waals surface area contributed by atoms with Gasteiger partial charge in [-0.25, -0.2) is 0 Å². The van der Waals surface area contributed by atoms with Crippen molar-refractivity contribution < 1.29 is 9.59 Å². The van der Waals surface area contributed by atoms with Crippen LogP contribution in [-0.2, 0) is 15.0 Å². The molecule has 138 valence electrons. The first-order chi connectivity index (χ1) is 12.1. The summed E-state index contributed by atoms with van der Waals surface area (Å²) in [4.78, 5) is 26.4. The molecule has 2 rings (SSSR count). The van der Waals surface area contributed by atoms with E-state index in [0.717, 1.165) is 28.1 Å². The molecular weight excluding hydrogens is 324 g/mol. The molecule has 2 aromatic carbocycles. The quantitative estimate of drug-likeness (QED) is 0.875. The summed E-state index contributed by atoms with van der Waals surface area (Å²) in [5.41, 5.74) is 4.52. The van der Waals surface area contributed by atoms with Crippen LogP contribution in [0.1, 0.15) is 44.4 Å². The SMILES string of the molecule is CC(=O)N(CC(=O)Nc1ccccc1C(C)(C)C)c1c(C)cccc1C. The fourth-order valence-corrected chi connectivity index (χ4v) is 3.16. The van der Waals surface area contributed by atoms with Gasteiger partial charge in [0.05, 0.1) is 5.69 Å². The summed E-state index contributed by atoms with van der Waals surface area (Å²) in [6.07, 6.45) is 0. The molecule has 2 aromatic rings. The number of hydrogen-bond acceptors (Lipinski definition) is 2. The molecule has 26 heavy (non-hydrogen) atoms. The average Bonchev–Trinajstić information content (AvgIpc) is 2.53. The van der Waals surface area contributed by atoms with Crippen molar-refractivity contribution in [2.45, 2.75) is 47.0 Å². The van der Waals surface area contributed by atoms with E-state index < -0.39 is 0 Å². The number of hydrogen-bond donors (Lipinski definition) is 1. The average molecular weight is 352 g/mol. The van der Waals surface area contributed by atoms with Crippen molar-refractivity contribution in [2.24, 2.45) is 0 Å². The number of benzene rings is 2. The zero-order valence-electron chi connectivity index (χ0n) is 16.5. The zero-order chi connectivity index (χ0) is 19.5. The summed E-state index contributed by atoms with van der Waals surface area (Å²) < 4.78 is 0. The van der Waals surface area contributed by atoms with E-state index in [2.05, 4.69) is 26.1 Å². The second kappa shape index (κ2) is 7.73. The Hall–Kier alpha value is -2.62. The number of amides is 2. The minimum atomic E-state index is -0.209. The van der Waals surface area contributed by atoms with Crippen LogP contribution in [0, 0.1) is 13.8 Å². The molecule has 0 aromatic heterocycles. The van der Waals surface area contributed by atoms with Crippen molar-refractivity contribution in [1.29, 1.82) is 0 Å². The lowest BCUT2D eigenvalue weighted by Crippen LogP contribution is -2.37. The number of rotatable bonds is 4. The molecule has 0 spiro atoms. The number of anilines is 2. The standard InChI is InChI=1S/C22H28N2O2/c1-15-10-9-11-16(2)21(15)24(17(3)25)14-20(26)23-19-13-8-7-12-18(19)22(4,5)6/h7-13H,14H2,1-6H3,(H,23,26). The molecule has 0 fully saturated rings. The number of carbonyl (C=O) groups is 2. The van der Waals surface area contributed by atoms with E-state index >= 15 is 0 Å². The Bertz CT molecular complexity index is 799. The molecule has 2 amide bonds. The molecule has 0 heterocycles. The lowest BCUT2D eigenvalue weighted by atomic mass is 9.86. The largest absolute Gasteiger partial charge is 0.324 e. The van der Waals surface area contributed by atoms with Gasteiger partial charge < -0.3 is 10.2 Å². The van der Waals surface area contributed by atoms with Crippen LogP contribution in [0.25, 0.3) is 0 Å². The second-order valence-electron chi connectivity index (χ2n) is 7.69. The smallest absolute Gasteiger partial charge is 0.244 e. The number of nitrogens with one attached hydrogen (secondary N) is 1. The molecule has 0 saturated heterocycles. The van der Waals surface area contributed by atoms with Gasteiger partial charge in [-0.05, 0) is 42.0 Å². The van der Waals surface area contributed by atoms with E-state index in [4.69, 9.17) is 0 Å². The zero-order valence-corrected chi connectivity index (χ0v) is 16.5. The summed E-state index contributed by atoms with van der Waals surface area (Å²) in [5.74, 6) is -0.360. The Labute approximate surface area is 156 Å². The topological polar surface area (TPSA) is 49.4 Å². The maximum Gasteiger partial charge on any atom is 0.244 e. The van der Waals surface area contributed by atoms with E-state index in [1.54, 1.807) is 4.90 Å². The minimum Gasteiger partial charge on any atom is -0.324 e. The molecule has 0 aliphatic carbocycles. The van der Waals surface area contributed by atoms with Gasteiger partial charge in [0.15, 0.2) is 0 Å². The Morgan fingerprint density at radius 1 is 0.962 bits per heavy atom. The Kier molecular flexibility index (Phi) is 5.86. The second-order valence-corrected chi connectivity index (χ2v) is 7.69. The highest BCUT2D eigenvalue weighted by molar-refractivity contribution is 6.02. The van der Waals surface area contributed by atoms with E-state index in [1.807, 2.05) is 56.3 Å². The molecule has 1 N–H and O–H groups in total. The third-order valence-electron chi connectivity index (χ3n) is 4.40. The molecule has 4 heteroatoms. The van der Waals surface area contributed by atoms with Crippen LogP contribution < -0.4 is 10.2 Å². The van der Waals surface area contributed by atoms with Gasteiger partial charge in [0.2, 0.25) is 11.8 Å². The van der Waals surface area contributed by atoms with Gasteiger partial charge >= 0.3 is 0 Å². The molecule has 4 nitrogen and oxygen atoms in total. The number of carbonyl (C=O) groups excluding carboxylic acids is 2. The fraction of sp³-hybridized carbons (Fsp3) is 0.364. The number of nitrogens with zero attached hydrogens (tertiary/aromatic N) is 1. The van der Waals surface area contributed by atoms with Crippen LogP contribution in [0.5, 0.6) is 0 Å². The van der Waals surface area contributed by atoms with Crippen molar-refractivity contribution in [3.63, 3.8) is 0 Å². The Morgan fingerprint density at radius 3 is 2.08 bits per heavy atom. The van der Waals surface area contributed by atoms with Crippen molar-refractivity contribution in [2.75, 3.05) is 16.8 Å². The summed E-state index contributed by atoms with van der Waals surface area (Å²) in [5, 5.41) is 2.98. The van der Waals surface area contributed by atoms with Crippen molar-refractivity contribution in [3.8, 4) is 0 Å². The predicted octanol–water partition coefficient (Wildman–Crippen LogP) is 4.59. The lowest BCUT2D eigenvalue weighted by molar-refractivity contribution is -0.120. The highest BCUT2D eigenvalue weighted by Crippen LogP contribution is 2.29. The predicted molar refractivity (Wildman–Crippen MR) is 108 cm³/mol. The van der Waals surface area contributed by atoms with E-state index in [0.29, 0.717) is 0 Å².